The second-order valence-electron chi connectivity index (χ2n) is 4.41. The molecule has 0 N–H and O–H groups in total. The van der Waals surface area contributed by atoms with Crippen LogP contribution in [0.4, 0.5) is 0 Å². The minimum atomic E-state index is -0.0514. The molecular formula is C11H22O3. The molecule has 3 nitrogen and oxygen atoms in total. The lowest BCUT2D eigenvalue weighted by Gasteiger charge is -2.32. The first kappa shape index (κ1) is 12.0. The van der Waals surface area contributed by atoms with Gasteiger partial charge in [0.25, 0.3) is 0 Å². The maximum atomic E-state index is 5.75. The van der Waals surface area contributed by atoms with E-state index < -0.39 is 0 Å². The summed E-state index contributed by atoms with van der Waals surface area (Å²) < 4.78 is 16.8. The highest BCUT2D eigenvalue weighted by atomic mass is 16.7. The Labute approximate surface area is 86.7 Å². The fourth-order valence-electron chi connectivity index (χ4n) is 1.38. The molecule has 14 heavy (non-hydrogen) atoms. The van der Waals surface area contributed by atoms with Crippen LogP contribution in [-0.4, -0.2) is 31.7 Å². The van der Waals surface area contributed by atoms with Crippen molar-refractivity contribution in [3.63, 3.8) is 0 Å². The third-order valence-electron chi connectivity index (χ3n) is 2.21. The van der Waals surface area contributed by atoms with Crippen molar-refractivity contribution in [3.05, 3.63) is 0 Å². The Morgan fingerprint density at radius 3 is 2.57 bits per heavy atom. The van der Waals surface area contributed by atoms with Crippen molar-refractivity contribution in [1.82, 2.24) is 0 Å². The fraction of sp³-hybridized carbons (Fsp3) is 1.00. The van der Waals surface area contributed by atoms with E-state index in [1.807, 2.05) is 13.8 Å². The molecule has 1 saturated heterocycles. The molecule has 0 aliphatic carbocycles. The average Bonchev–Trinajstić information content (AvgIpc) is 2.15. The lowest BCUT2D eigenvalue weighted by molar-refractivity contribution is -0.241. The Hall–Kier alpha value is -0.120. The number of hydrogen-bond donors (Lipinski definition) is 0. The van der Waals surface area contributed by atoms with Gasteiger partial charge in [-0.2, -0.15) is 0 Å². The van der Waals surface area contributed by atoms with E-state index in [0.29, 0.717) is 12.5 Å². The smallest absolute Gasteiger partial charge is 0.160 e. The van der Waals surface area contributed by atoms with Gasteiger partial charge in [-0.15, -0.1) is 0 Å². The number of ether oxygens (including phenoxy) is 3. The quantitative estimate of drug-likeness (QED) is 0.699. The summed E-state index contributed by atoms with van der Waals surface area (Å²) >= 11 is 0. The molecule has 1 aliphatic heterocycles. The number of rotatable bonds is 4. The van der Waals surface area contributed by atoms with Crippen LogP contribution in [-0.2, 0) is 14.2 Å². The van der Waals surface area contributed by atoms with Gasteiger partial charge in [0.05, 0.1) is 25.4 Å². The van der Waals surface area contributed by atoms with Crippen molar-refractivity contribution in [2.24, 2.45) is 5.92 Å². The summed E-state index contributed by atoms with van der Waals surface area (Å²) in [5.74, 6) is 0.414. The summed E-state index contributed by atoms with van der Waals surface area (Å²) in [6.45, 7) is 9.77. The third kappa shape index (κ3) is 3.95. The summed E-state index contributed by atoms with van der Waals surface area (Å²) in [6, 6.07) is 0. The van der Waals surface area contributed by atoms with E-state index in [1.54, 1.807) is 0 Å². The van der Waals surface area contributed by atoms with Crippen molar-refractivity contribution in [2.45, 2.75) is 52.6 Å². The minimum Gasteiger partial charge on any atom is -0.376 e. The topological polar surface area (TPSA) is 27.7 Å². The van der Waals surface area contributed by atoms with E-state index in [1.165, 1.54) is 0 Å². The molecule has 0 aromatic rings. The van der Waals surface area contributed by atoms with Crippen LogP contribution in [0.3, 0.4) is 0 Å². The highest BCUT2D eigenvalue weighted by Crippen LogP contribution is 2.18. The largest absolute Gasteiger partial charge is 0.376 e. The van der Waals surface area contributed by atoms with Crippen molar-refractivity contribution < 1.29 is 14.2 Å². The van der Waals surface area contributed by atoms with Crippen molar-refractivity contribution >= 4 is 0 Å². The summed E-state index contributed by atoms with van der Waals surface area (Å²) in [5, 5.41) is 0. The van der Waals surface area contributed by atoms with E-state index in [0.717, 1.165) is 13.0 Å². The van der Waals surface area contributed by atoms with Crippen LogP contribution < -0.4 is 0 Å². The van der Waals surface area contributed by atoms with Gasteiger partial charge >= 0.3 is 0 Å². The van der Waals surface area contributed by atoms with Gasteiger partial charge in [-0.25, -0.2) is 0 Å². The molecule has 84 valence electrons. The molecule has 3 heteroatoms. The second-order valence-corrected chi connectivity index (χ2v) is 4.41. The molecule has 0 radical (unpaired) electrons. The zero-order valence-corrected chi connectivity index (χ0v) is 9.66. The van der Waals surface area contributed by atoms with E-state index in [4.69, 9.17) is 14.2 Å². The van der Waals surface area contributed by atoms with Crippen LogP contribution in [0.15, 0.2) is 0 Å². The average molecular weight is 202 g/mol. The lowest BCUT2D eigenvalue weighted by atomic mass is 10.2. The highest BCUT2D eigenvalue weighted by Gasteiger charge is 2.25. The van der Waals surface area contributed by atoms with Gasteiger partial charge in [-0.3, -0.25) is 0 Å². The Morgan fingerprint density at radius 1 is 1.29 bits per heavy atom. The molecule has 2 unspecified atom stereocenters. The van der Waals surface area contributed by atoms with Crippen LogP contribution in [0, 0.1) is 5.92 Å². The van der Waals surface area contributed by atoms with Crippen molar-refractivity contribution in [3.8, 4) is 0 Å². The molecule has 0 bridgehead atoms. The lowest BCUT2D eigenvalue weighted by Crippen LogP contribution is -2.38. The van der Waals surface area contributed by atoms with Gasteiger partial charge in [0.2, 0.25) is 0 Å². The molecule has 0 aromatic carbocycles. The van der Waals surface area contributed by atoms with E-state index in [-0.39, 0.29) is 18.5 Å². The highest BCUT2D eigenvalue weighted by molar-refractivity contribution is 4.65. The van der Waals surface area contributed by atoms with Gasteiger partial charge in [0.1, 0.15) is 0 Å². The maximum Gasteiger partial charge on any atom is 0.160 e. The Morgan fingerprint density at radius 2 is 2.00 bits per heavy atom. The first-order chi connectivity index (χ1) is 6.59. The predicted molar refractivity (Wildman–Crippen MR) is 55.2 cm³/mol. The van der Waals surface area contributed by atoms with Crippen LogP contribution in [0.2, 0.25) is 0 Å². The first-order valence-electron chi connectivity index (χ1n) is 5.48. The maximum absolute atomic E-state index is 5.75. The van der Waals surface area contributed by atoms with Crippen molar-refractivity contribution in [2.75, 3.05) is 13.2 Å². The van der Waals surface area contributed by atoms with Gasteiger partial charge in [-0.05, 0) is 20.3 Å². The van der Waals surface area contributed by atoms with Gasteiger partial charge in [-0.1, -0.05) is 13.8 Å². The minimum absolute atomic E-state index is 0.0514. The standard InChI is InChI=1S/C11H22O3/c1-8(2)11-12-6-5-10(14-11)7-13-9(3)4/h8-11H,5-7H2,1-4H3. The van der Waals surface area contributed by atoms with Crippen LogP contribution in [0.25, 0.3) is 0 Å². The summed E-state index contributed by atoms with van der Waals surface area (Å²) in [4.78, 5) is 0. The summed E-state index contributed by atoms with van der Waals surface area (Å²) in [7, 11) is 0. The van der Waals surface area contributed by atoms with E-state index in [9.17, 15) is 0 Å². The molecule has 0 aromatic heterocycles. The first-order valence-corrected chi connectivity index (χ1v) is 5.48. The van der Waals surface area contributed by atoms with E-state index in [2.05, 4.69) is 13.8 Å². The Bertz CT molecular complexity index is 157. The molecule has 1 aliphatic rings. The summed E-state index contributed by atoms with van der Waals surface area (Å²) in [6.07, 6.45) is 1.37. The summed E-state index contributed by atoms with van der Waals surface area (Å²) in [5.41, 5.74) is 0. The molecular weight excluding hydrogens is 180 g/mol. The van der Waals surface area contributed by atoms with Gasteiger partial charge in [0, 0.05) is 5.92 Å². The zero-order chi connectivity index (χ0) is 10.6. The van der Waals surface area contributed by atoms with Crippen LogP contribution >= 0.6 is 0 Å². The van der Waals surface area contributed by atoms with E-state index >= 15 is 0 Å². The third-order valence-corrected chi connectivity index (χ3v) is 2.21. The molecule has 1 fully saturated rings. The van der Waals surface area contributed by atoms with Crippen LogP contribution in [0.5, 0.6) is 0 Å². The molecule has 1 heterocycles. The molecule has 1 rings (SSSR count). The number of hydrogen-bond acceptors (Lipinski definition) is 3. The van der Waals surface area contributed by atoms with Gasteiger partial charge < -0.3 is 14.2 Å². The molecule has 0 spiro atoms. The zero-order valence-electron chi connectivity index (χ0n) is 9.66. The predicted octanol–water partition coefficient (Wildman–Crippen LogP) is 2.20. The Balaban J connectivity index is 2.25. The molecule has 0 amide bonds. The normalized spacial score (nSPS) is 28.7. The van der Waals surface area contributed by atoms with Gasteiger partial charge in [0.15, 0.2) is 6.29 Å². The fourth-order valence-corrected chi connectivity index (χ4v) is 1.38. The SMILES string of the molecule is CC(C)OCC1CCOC(C(C)C)O1. The Kier molecular flexibility index (Phi) is 4.85. The second kappa shape index (κ2) is 5.69. The molecule has 2 atom stereocenters. The monoisotopic (exact) mass is 202 g/mol. The van der Waals surface area contributed by atoms with Crippen LogP contribution in [0.1, 0.15) is 34.1 Å². The molecule has 0 saturated carbocycles. The van der Waals surface area contributed by atoms with Crippen molar-refractivity contribution in [1.29, 1.82) is 0 Å².